The van der Waals surface area contributed by atoms with Crippen LogP contribution in [0.4, 0.5) is 0 Å². The minimum atomic E-state index is -1.58. The van der Waals surface area contributed by atoms with Gasteiger partial charge in [0.2, 0.25) is 5.91 Å². The van der Waals surface area contributed by atoms with Crippen LogP contribution in [0.25, 0.3) is 0 Å². The number of carbonyl (C=O) groups is 1. The summed E-state index contributed by atoms with van der Waals surface area (Å²) in [5.74, 6) is -0.223. The number of allylic oxidation sites excluding steroid dienone is 13. The number of amides is 1. The molecule has 0 aromatic heterocycles. The van der Waals surface area contributed by atoms with Crippen LogP contribution < -0.4 is 5.32 Å². The molecule has 0 saturated carbocycles. The Morgan fingerprint density at radius 1 is 0.603 bits per heavy atom. The molecule has 9 nitrogen and oxygen atoms in total. The smallest absolute Gasteiger partial charge is 0.220 e. The molecule has 58 heavy (non-hydrogen) atoms. The number of aliphatic hydroxyl groups excluding tert-OH is 5. The monoisotopic (exact) mass is 814 g/mol. The maximum atomic E-state index is 12.9. The van der Waals surface area contributed by atoms with Crippen LogP contribution in [0.2, 0.25) is 0 Å². The number of aliphatic hydroxyl groups is 5. The van der Waals surface area contributed by atoms with Crippen molar-refractivity contribution in [3.63, 3.8) is 0 Å². The molecule has 1 heterocycles. The molecule has 0 bridgehead atoms. The zero-order valence-corrected chi connectivity index (χ0v) is 36.3. The van der Waals surface area contributed by atoms with Gasteiger partial charge >= 0.3 is 0 Å². The number of hydrogen-bond acceptors (Lipinski definition) is 8. The molecule has 1 amide bonds. The maximum Gasteiger partial charge on any atom is 0.220 e. The first-order chi connectivity index (χ1) is 28.3. The number of carbonyl (C=O) groups excluding carboxylic acids is 1. The number of rotatable bonds is 36. The fourth-order valence-corrected chi connectivity index (χ4v) is 6.55. The van der Waals surface area contributed by atoms with Crippen LogP contribution in [0.5, 0.6) is 0 Å². The van der Waals surface area contributed by atoms with Crippen molar-refractivity contribution in [1.29, 1.82) is 0 Å². The van der Waals surface area contributed by atoms with Crippen LogP contribution in [-0.4, -0.2) is 87.5 Å². The van der Waals surface area contributed by atoms with Gasteiger partial charge in [0.25, 0.3) is 0 Å². The summed E-state index contributed by atoms with van der Waals surface area (Å²) in [6, 6.07) is -0.843. The molecule has 332 valence electrons. The molecule has 0 aromatic rings. The predicted molar refractivity (Wildman–Crippen MR) is 239 cm³/mol. The lowest BCUT2D eigenvalue weighted by atomic mass is 9.99. The van der Waals surface area contributed by atoms with E-state index >= 15 is 0 Å². The number of ether oxygens (including phenoxy) is 2. The third kappa shape index (κ3) is 28.7. The molecule has 7 unspecified atom stereocenters. The highest BCUT2D eigenvalue weighted by Gasteiger charge is 2.44. The molecule has 6 N–H and O–H groups in total. The third-order valence-electron chi connectivity index (χ3n) is 10.2. The normalized spacial score (nSPS) is 21.7. The molecular weight excluding hydrogens is 731 g/mol. The van der Waals surface area contributed by atoms with Gasteiger partial charge in [-0.3, -0.25) is 4.79 Å². The molecule has 1 rings (SSSR count). The van der Waals surface area contributed by atoms with Gasteiger partial charge in [-0.25, -0.2) is 0 Å². The predicted octanol–water partition coefficient (Wildman–Crippen LogP) is 9.55. The highest BCUT2D eigenvalue weighted by atomic mass is 16.7. The van der Waals surface area contributed by atoms with Gasteiger partial charge in [0, 0.05) is 6.42 Å². The van der Waals surface area contributed by atoms with E-state index in [0.29, 0.717) is 12.8 Å². The Kier molecular flexibility index (Phi) is 35.5. The fraction of sp³-hybridized carbons (Fsp3) is 0.694. The van der Waals surface area contributed by atoms with Crippen molar-refractivity contribution >= 4 is 5.91 Å². The number of unbranched alkanes of at least 4 members (excludes halogenated alkanes) is 14. The van der Waals surface area contributed by atoms with Crippen molar-refractivity contribution in [3.8, 4) is 0 Å². The molecule has 0 spiro atoms. The lowest BCUT2D eigenvalue weighted by Crippen LogP contribution is -2.60. The van der Waals surface area contributed by atoms with E-state index in [2.05, 4.69) is 92.1 Å². The maximum absolute atomic E-state index is 12.9. The lowest BCUT2D eigenvalue weighted by molar-refractivity contribution is -0.302. The van der Waals surface area contributed by atoms with E-state index in [4.69, 9.17) is 9.47 Å². The molecule has 0 aromatic carbocycles. The van der Waals surface area contributed by atoms with Gasteiger partial charge in [-0.05, 0) is 77.0 Å². The van der Waals surface area contributed by atoms with Crippen molar-refractivity contribution in [2.75, 3.05) is 13.2 Å². The van der Waals surface area contributed by atoms with Crippen LogP contribution >= 0.6 is 0 Å². The van der Waals surface area contributed by atoms with Gasteiger partial charge in [0.15, 0.2) is 6.29 Å². The molecule has 9 heteroatoms. The number of nitrogens with one attached hydrogen (secondary N) is 1. The average molecular weight is 814 g/mol. The second kappa shape index (κ2) is 38.6. The van der Waals surface area contributed by atoms with Crippen molar-refractivity contribution in [2.45, 2.75) is 204 Å². The summed E-state index contributed by atoms with van der Waals surface area (Å²) in [6.45, 7) is 3.60. The van der Waals surface area contributed by atoms with E-state index < -0.39 is 49.5 Å². The van der Waals surface area contributed by atoms with Crippen molar-refractivity contribution in [2.24, 2.45) is 0 Å². The summed E-state index contributed by atoms with van der Waals surface area (Å²) in [5, 5.41) is 54.1. The van der Waals surface area contributed by atoms with Gasteiger partial charge < -0.3 is 40.3 Å². The summed E-state index contributed by atoms with van der Waals surface area (Å²) >= 11 is 0. The quantitative estimate of drug-likeness (QED) is 0.0271. The molecule has 0 radical (unpaired) electrons. The van der Waals surface area contributed by atoms with E-state index in [0.717, 1.165) is 70.6 Å². The summed E-state index contributed by atoms with van der Waals surface area (Å²) < 4.78 is 11.2. The van der Waals surface area contributed by atoms with Gasteiger partial charge in [-0.2, -0.15) is 0 Å². The molecule has 1 saturated heterocycles. The van der Waals surface area contributed by atoms with Gasteiger partial charge in [-0.15, -0.1) is 0 Å². The zero-order chi connectivity index (χ0) is 42.3. The first-order valence-corrected chi connectivity index (χ1v) is 22.8. The summed E-state index contributed by atoms with van der Waals surface area (Å²) in [6.07, 6.45) is 46.2. The summed E-state index contributed by atoms with van der Waals surface area (Å²) in [5.41, 5.74) is 0. The van der Waals surface area contributed by atoms with Crippen LogP contribution in [0.3, 0.4) is 0 Å². The second-order valence-corrected chi connectivity index (χ2v) is 15.5. The summed E-state index contributed by atoms with van der Waals surface area (Å²) in [4.78, 5) is 12.9. The van der Waals surface area contributed by atoms with Crippen molar-refractivity contribution in [1.82, 2.24) is 5.32 Å². The van der Waals surface area contributed by atoms with E-state index in [1.54, 1.807) is 6.08 Å². The van der Waals surface area contributed by atoms with E-state index in [-0.39, 0.29) is 12.5 Å². The third-order valence-corrected chi connectivity index (χ3v) is 10.2. The molecule has 1 aliphatic rings. The Balaban J connectivity index is 2.43. The van der Waals surface area contributed by atoms with Crippen LogP contribution in [0, 0.1) is 0 Å². The fourth-order valence-electron chi connectivity index (χ4n) is 6.55. The largest absolute Gasteiger partial charge is 0.394 e. The van der Waals surface area contributed by atoms with Crippen LogP contribution in [-0.2, 0) is 14.3 Å². The molecule has 0 aliphatic carbocycles. The Labute approximate surface area is 352 Å². The van der Waals surface area contributed by atoms with Gasteiger partial charge in [0.1, 0.15) is 24.4 Å². The molecule has 1 fully saturated rings. The highest BCUT2D eigenvalue weighted by Crippen LogP contribution is 2.22. The van der Waals surface area contributed by atoms with Crippen molar-refractivity contribution < 1.29 is 39.8 Å². The summed E-state index contributed by atoms with van der Waals surface area (Å²) in [7, 11) is 0. The Hall–Kier alpha value is -2.63. The molecular formula is C49H83NO8. The minimum Gasteiger partial charge on any atom is -0.394 e. The average Bonchev–Trinajstić information content (AvgIpc) is 3.22. The molecule has 7 atom stereocenters. The van der Waals surface area contributed by atoms with Crippen LogP contribution in [0.1, 0.15) is 162 Å². The zero-order valence-electron chi connectivity index (χ0n) is 36.3. The standard InChI is InChI=1S/C49H83NO8/c1-3-5-7-9-11-13-15-17-19-21-22-23-25-27-29-31-33-35-37-39-45(53)50-42(41-57-49-48(56)47(55)46(54)44(40-51)58-49)43(52)38-36-34-32-30-28-26-24-20-18-16-14-12-10-8-6-4-2/h5,7,11,13,17,19,22-23,27-30,36,38,42-44,46-49,51-52,54-56H,3-4,6,8-10,12,14-16,18,20-21,24-26,31-35,37,39-41H2,1-2H3,(H,50,53)/b7-5-,13-11-,19-17-,23-22-,29-27-,30-28+,38-36+. The van der Waals surface area contributed by atoms with Crippen LogP contribution in [0.15, 0.2) is 85.1 Å². The van der Waals surface area contributed by atoms with Crippen molar-refractivity contribution in [3.05, 3.63) is 85.1 Å². The first-order valence-electron chi connectivity index (χ1n) is 22.8. The highest BCUT2D eigenvalue weighted by molar-refractivity contribution is 5.76. The molecule has 1 aliphatic heterocycles. The van der Waals surface area contributed by atoms with E-state index in [1.807, 2.05) is 6.08 Å². The minimum absolute atomic E-state index is 0.219. The SMILES string of the molecule is CC/C=C\C/C=C\C/C=C\C/C=C\C/C=C\CCCCCC(=O)NC(COC1OC(CO)C(O)C(O)C1O)C(O)/C=C/CC/C=C/CCCCCCCCCCCC. The van der Waals surface area contributed by atoms with Gasteiger partial charge in [0.05, 0.1) is 25.4 Å². The van der Waals surface area contributed by atoms with E-state index in [1.165, 1.54) is 64.2 Å². The first kappa shape index (κ1) is 53.4. The Morgan fingerprint density at radius 3 is 1.66 bits per heavy atom. The topological polar surface area (TPSA) is 149 Å². The second-order valence-electron chi connectivity index (χ2n) is 15.5. The van der Waals surface area contributed by atoms with Gasteiger partial charge in [-0.1, -0.05) is 163 Å². The van der Waals surface area contributed by atoms with E-state index in [9.17, 15) is 30.3 Å². The Morgan fingerprint density at radius 2 is 1.09 bits per heavy atom. The number of hydrogen-bond donors (Lipinski definition) is 6. The Bertz CT molecular complexity index is 1180. The lowest BCUT2D eigenvalue weighted by Gasteiger charge is -2.40.